The molecule has 2 rings (SSSR count). The van der Waals surface area contributed by atoms with Crippen LogP contribution >= 0.6 is 0 Å². The normalized spacial score (nSPS) is 12.0. The summed E-state index contributed by atoms with van der Waals surface area (Å²) in [5.74, 6) is 0. The fourth-order valence-electron chi connectivity index (χ4n) is 0.163. The second kappa shape index (κ2) is 17.9. The Morgan fingerprint density at radius 1 is 0.833 bits per heavy atom. The predicted molar refractivity (Wildman–Crippen MR) is 33.4 cm³/mol. The zero-order valence-corrected chi connectivity index (χ0v) is 10.7. The van der Waals surface area contributed by atoms with Crippen molar-refractivity contribution < 1.29 is 68.2 Å². The molecule has 2 aliphatic heterocycles. The van der Waals surface area contributed by atoms with Gasteiger partial charge in [-0.05, 0) is 13.3 Å². The van der Waals surface area contributed by atoms with Crippen molar-refractivity contribution in [3.8, 4) is 0 Å². The minimum atomic E-state index is 0. The summed E-state index contributed by atoms with van der Waals surface area (Å²) in [5.41, 5.74) is 0. The molecule has 0 fully saturated rings. The van der Waals surface area contributed by atoms with Crippen LogP contribution in [0.3, 0.4) is 0 Å². The first-order valence-electron chi connectivity index (χ1n) is 2.30. The van der Waals surface area contributed by atoms with E-state index in [1.54, 1.807) is 12.7 Å². The Morgan fingerprint density at radius 3 is 0.917 bits per heavy atom. The largest absolute Gasteiger partial charge is 2.00 e. The van der Waals surface area contributed by atoms with Gasteiger partial charge in [0.05, 0.1) is 0 Å². The van der Waals surface area contributed by atoms with Crippen molar-refractivity contribution in [3.05, 3.63) is 10.6 Å². The van der Waals surface area contributed by atoms with Crippen molar-refractivity contribution in [1.82, 2.24) is 0 Å². The number of aliphatic imine (C=N–C) groups is 2. The summed E-state index contributed by atoms with van der Waals surface area (Å²) in [5, 5.41) is 7.25. The van der Waals surface area contributed by atoms with Crippen molar-refractivity contribution in [2.75, 3.05) is 13.3 Å². The van der Waals surface area contributed by atoms with Crippen LogP contribution in [0, 0.1) is 0 Å². The Morgan fingerprint density at radius 2 is 0.917 bits per heavy atom. The van der Waals surface area contributed by atoms with E-state index in [1.807, 2.05) is 0 Å². The van der Waals surface area contributed by atoms with Crippen molar-refractivity contribution >= 4 is 12.7 Å². The van der Waals surface area contributed by atoms with Gasteiger partial charge in [0.2, 0.25) is 0 Å². The molecule has 0 radical (unpaired) electrons. The molecular formula is C4H6Cl2N4Ti2. The van der Waals surface area contributed by atoms with E-state index in [2.05, 4.69) is 20.6 Å². The fourth-order valence-corrected chi connectivity index (χ4v) is 0.163. The van der Waals surface area contributed by atoms with Gasteiger partial charge in [-0.25, -0.2) is 0 Å². The monoisotopic (exact) mass is 276 g/mol. The zero-order valence-electron chi connectivity index (χ0n) is 6.11. The molecule has 0 aliphatic carbocycles. The van der Waals surface area contributed by atoms with E-state index >= 15 is 0 Å². The van der Waals surface area contributed by atoms with Gasteiger partial charge in [0.1, 0.15) is 0 Å². The first-order chi connectivity index (χ1) is 4.00. The Balaban J connectivity index is -0.0000000400. The van der Waals surface area contributed by atoms with Crippen molar-refractivity contribution in [3.63, 3.8) is 0 Å². The number of rotatable bonds is 0. The SMILES string of the molecule is C1=NC[N-]1.C1=NC[N-]1.[Cl-].[Cl-].[Ti+2].[Ti+2]. The second-order valence-electron chi connectivity index (χ2n) is 1.24. The van der Waals surface area contributed by atoms with Gasteiger partial charge < -0.3 is 45.4 Å². The molecule has 0 saturated heterocycles. The number of hydrogen-bond acceptors (Lipinski definition) is 2. The molecule has 0 unspecified atom stereocenters. The molecule has 64 valence electrons. The first-order valence-corrected chi connectivity index (χ1v) is 2.30. The van der Waals surface area contributed by atoms with Crippen LogP contribution in [0.25, 0.3) is 10.6 Å². The smallest absolute Gasteiger partial charge is 1.00 e. The minimum absolute atomic E-state index is 0. The summed E-state index contributed by atoms with van der Waals surface area (Å²) in [6.45, 7) is 1.39. The van der Waals surface area contributed by atoms with Crippen molar-refractivity contribution in [2.24, 2.45) is 9.98 Å². The standard InChI is InChI=1S/2C2H3N2.2ClH.2Ti/c2*1-3-2-4-1;;;;/h2*1H,2H2;2*1H;;/q2*-1;;;2*+2/p-2. The molecule has 4 nitrogen and oxygen atoms in total. The maximum absolute atomic E-state index is 3.62. The molecule has 0 amide bonds. The molecule has 8 heteroatoms. The Kier molecular flexibility index (Phi) is 34.4. The van der Waals surface area contributed by atoms with Crippen LogP contribution in [0.1, 0.15) is 0 Å². The number of nitrogens with zero attached hydrogens (tertiary/aromatic N) is 4. The maximum atomic E-state index is 3.62. The van der Waals surface area contributed by atoms with E-state index in [-0.39, 0.29) is 68.2 Å². The molecule has 0 bridgehead atoms. The predicted octanol–water partition coefficient (Wildman–Crippen LogP) is -5.28. The van der Waals surface area contributed by atoms with Gasteiger partial charge in [0.15, 0.2) is 0 Å². The van der Waals surface area contributed by atoms with Crippen molar-refractivity contribution in [2.45, 2.75) is 0 Å². The molecule has 0 aromatic carbocycles. The number of halogens is 2. The molecular weight excluding hydrogens is 271 g/mol. The van der Waals surface area contributed by atoms with Crippen LogP contribution in [0.4, 0.5) is 0 Å². The third-order valence-corrected chi connectivity index (χ3v) is 0.653. The Labute approximate surface area is 114 Å². The van der Waals surface area contributed by atoms with Crippen LogP contribution in [0.15, 0.2) is 9.98 Å². The van der Waals surface area contributed by atoms with Gasteiger partial charge in [-0.3, -0.25) is 0 Å². The van der Waals surface area contributed by atoms with E-state index < -0.39 is 0 Å². The van der Waals surface area contributed by atoms with E-state index in [0.29, 0.717) is 13.3 Å². The quantitative estimate of drug-likeness (QED) is 0.397. The van der Waals surface area contributed by atoms with E-state index in [1.165, 1.54) is 0 Å². The molecule has 0 aromatic heterocycles. The second-order valence-corrected chi connectivity index (χ2v) is 1.24. The average Bonchev–Trinajstić information content (AvgIpc) is 1.12. The number of hydrogen-bond donors (Lipinski definition) is 0. The van der Waals surface area contributed by atoms with Crippen LogP contribution < -0.4 is 24.8 Å². The van der Waals surface area contributed by atoms with Crippen LogP contribution in [0.5, 0.6) is 0 Å². The molecule has 0 N–H and O–H groups in total. The molecule has 2 aliphatic rings. The van der Waals surface area contributed by atoms with Gasteiger partial charge in [0.25, 0.3) is 0 Å². The van der Waals surface area contributed by atoms with Crippen LogP contribution in [-0.2, 0) is 43.4 Å². The van der Waals surface area contributed by atoms with Gasteiger partial charge in [-0.1, -0.05) is 0 Å². The third kappa shape index (κ3) is 13.5. The first kappa shape index (κ1) is 23.1. The van der Waals surface area contributed by atoms with Crippen LogP contribution in [0.2, 0.25) is 0 Å². The Bertz CT molecular complexity index is 95.6. The summed E-state index contributed by atoms with van der Waals surface area (Å²) in [6, 6.07) is 0. The Hall–Kier alpha value is 0.949. The minimum Gasteiger partial charge on any atom is -1.00 e. The summed E-state index contributed by atoms with van der Waals surface area (Å²) in [4.78, 5) is 7.25. The average molecular weight is 277 g/mol. The molecule has 2 heterocycles. The van der Waals surface area contributed by atoms with Gasteiger partial charge >= 0.3 is 43.4 Å². The van der Waals surface area contributed by atoms with Gasteiger partial charge in [0, 0.05) is 0 Å². The molecule has 0 spiro atoms. The topological polar surface area (TPSA) is 52.9 Å². The molecule has 12 heavy (non-hydrogen) atoms. The fraction of sp³-hybridized carbons (Fsp3) is 0.500. The van der Waals surface area contributed by atoms with Gasteiger partial charge in [-0.15, -0.1) is 12.7 Å². The summed E-state index contributed by atoms with van der Waals surface area (Å²) in [6.07, 6.45) is 3.11. The molecule has 0 saturated carbocycles. The van der Waals surface area contributed by atoms with E-state index in [4.69, 9.17) is 0 Å². The summed E-state index contributed by atoms with van der Waals surface area (Å²) >= 11 is 0. The van der Waals surface area contributed by atoms with E-state index in [0.717, 1.165) is 0 Å². The van der Waals surface area contributed by atoms with Crippen LogP contribution in [-0.4, -0.2) is 26.0 Å². The van der Waals surface area contributed by atoms with Crippen molar-refractivity contribution in [1.29, 1.82) is 0 Å². The molecule has 0 aromatic rings. The van der Waals surface area contributed by atoms with E-state index in [9.17, 15) is 0 Å². The molecule has 0 atom stereocenters. The maximum Gasteiger partial charge on any atom is 2.00 e. The summed E-state index contributed by atoms with van der Waals surface area (Å²) in [7, 11) is 0. The van der Waals surface area contributed by atoms with Gasteiger partial charge in [-0.2, -0.15) is 0 Å². The third-order valence-electron chi connectivity index (χ3n) is 0.653. The summed E-state index contributed by atoms with van der Waals surface area (Å²) < 4.78 is 0. The zero-order chi connectivity index (χ0) is 5.66.